The van der Waals surface area contributed by atoms with Gasteiger partial charge >= 0.3 is 6.18 Å². The summed E-state index contributed by atoms with van der Waals surface area (Å²) in [6.45, 7) is 3.42. The van der Waals surface area contributed by atoms with E-state index in [0.29, 0.717) is 56.9 Å². The lowest BCUT2D eigenvalue weighted by molar-refractivity contribution is -0.176. The van der Waals surface area contributed by atoms with E-state index in [9.17, 15) is 18.0 Å². The molecule has 0 bridgehead atoms. The van der Waals surface area contributed by atoms with E-state index in [2.05, 4.69) is 15.6 Å². The van der Waals surface area contributed by atoms with Gasteiger partial charge < -0.3 is 20.1 Å². The smallest absolute Gasteiger partial charge is 0.370 e. The van der Waals surface area contributed by atoms with Crippen LogP contribution in [0.4, 0.5) is 30.5 Å². The first-order valence-electron chi connectivity index (χ1n) is 12.1. The molecule has 1 aliphatic heterocycles. The minimum Gasteiger partial charge on any atom is -0.370 e. The van der Waals surface area contributed by atoms with Gasteiger partial charge in [-0.3, -0.25) is 4.79 Å². The monoisotopic (exact) mass is 600 g/mol. The number of halogens is 6. The number of piperidine rings is 1. The number of nitriles is 1. The molecule has 39 heavy (non-hydrogen) atoms. The van der Waals surface area contributed by atoms with Gasteiger partial charge in [-0.05, 0) is 50.5 Å². The van der Waals surface area contributed by atoms with Gasteiger partial charge in [0.1, 0.15) is 5.41 Å². The SMILES string of the molecule is Cn1c(Nc2c(Cl)ccc(CNC(=O)C(C)(C)C#N)c2Cl)nc2cc(Cl)c(N3CCCC(C(F)(F)F)C3)cc21. The van der Waals surface area contributed by atoms with E-state index in [0.717, 1.165) is 0 Å². The van der Waals surface area contributed by atoms with E-state index in [1.54, 1.807) is 40.8 Å². The third-order valence-electron chi connectivity index (χ3n) is 6.87. The van der Waals surface area contributed by atoms with Crippen molar-refractivity contribution in [2.24, 2.45) is 18.4 Å². The summed E-state index contributed by atoms with van der Waals surface area (Å²) in [6, 6.07) is 8.60. The molecule has 1 unspecified atom stereocenters. The summed E-state index contributed by atoms with van der Waals surface area (Å²) < 4.78 is 41.8. The second kappa shape index (κ2) is 11.0. The predicted molar refractivity (Wildman–Crippen MR) is 148 cm³/mol. The molecule has 1 atom stereocenters. The van der Waals surface area contributed by atoms with Crippen LogP contribution in [0.5, 0.6) is 0 Å². The number of aromatic nitrogens is 2. The maximum absolute atomic E-state index is 13.4. The number of rotatable bonds is 6. The number of aryl methyl sites for hydroxylation is 1. The van der Waals surface area contributed by atoms with Crippen LogP contribution in [0.15, 0.2) is 24.3 Å². The molecule has 13 heteroatoms. The van der Waals surface area contributed by atoms with Crippen molar-refractivity contribution >= 4 is 69.1 Å². The summed E-state index contributed by atoms with van der Waals surface area (Å²) in [6.07, 6.45) is -3.75. The molecule has 1 aliphatic rings. The summed E-state index contributed by atoms with van der Waals surface area (Å²) in [5.74, 6) is -1.47. The molecule has 1 saturated heterocycles. The second-order valence-corrected chi connectivity index (χ2v) is 11.2. The summed E-state index contributed by atoms with van der Waals surface area (Å²) in [5.41, 5.74) is 1.43. The first-order chi connectivity index (χ1) is 18.2. The molecular formula is C26H26Cl3F3N6O. The van der Waals surface area contributed by atoms with Crippen molar-refractivity contribution < 1.29 is 18.0 Å². The zero-order chi connectivity index (χ0) is 28.7. The quantitative estimate of drug-likeness (QED) is 0.312. The van der Waals surface area contributed by atoms with Crippen molar-refractivity contribution in [2.45, 2.75) is 39.4 Å². The summed E-state index contributed by atoms with van der Waals surface area (Å²) >= 11 is 19.6. The number of anilines is 3. The molecule has 2 aromatic carbocycles. The number of benzene rings is 2. The number of nitrogens with one attached hydrogen (secondary N) is 2. The number of alkyl halides is 3. The van der Waals surface area contributed by atoms with E-state index >= 15 is 0 Å². The Morgan fingerprint density at radius 2 is 1.92 bits per heavy atom. The van der Waals surface area contributed by atoms with Gasteiger partial charge in [0, 0.05) is 26.7 Å². The van der Waals surface area contributed by atoms with E-state index in [4.69, 9.17) is 40.1 Å². The maximum Gasteiger partial charge on any atom is 0.393 e. The van der Waals surface area contributed by atoms with Crippen LogP contribution >= 0.6 is 34.8 Å². The summed E-state index contributed by atoms with van der Waals surface area (Å²) in [7, 11) is 1.75. The zero-order valence-corrected chi connectivity index (χ0v) is 23.7. The summed E-state index contributed by atoms with van der Waals surface area (Å²) in [4.78, 5) is 18.6. The highest BCUT2D eigenvalue weighted by Gasteiger charge is 2.42. The number of hydrogen-bond acceptors (Lipinski definition) is 5. The lowest BCUT2D eigenvalue weighted by Gasteiger charge is -2.35. The fourth-order valence-corrected chi connectivity index (χ4v) is 5.23. The van der Waals surface area contributed by atoms with Gasteiger partial charge in [0.25, 0.3) is 0 Å². The number of imidazole rings is 1. The summed E-state index contributed by atoms with van der Waals surface area (Å²) in [5, 5.41) is 15.9. The predicted octanol–water partition coefficient (Wildman–Crippen LogP) is 7.22. The van der Waals surface area contributed by atoms with Crippen LogP contribution in [0.2, 0.25) is 15.1 Å². The van der Waals surface area contributed by atoms with Gasteiger partial charge in [0.2, 0.25) is 11.9 Å². The second-order valence-electron chi connectivity index (χ2n) is 10.1. The van der Waals surface area contributed by atoms with Crippen LogP contribution in [-0.4, -0.2) is 34.7 Å². The molecule has 1 amide bonds. The standard InChI is InChI=1S/C26H26Cl3F3N6O/c1-25(2,13-33)23(39)34-11-14-6-7-16(27)22(21(14)29)36-24-35-18-9-17(28)19(10-20(18)37(24)3)38-8-4-5-15(12-38)26(30,31)32/h6-7,9-10,15H,4-5,8,11-12H2,1-3H3,(H,34,39)(H,35,36). The number of amides is 1. The van der Waals surface area contributed by atoms with Crippen molar-refractivity contribution in [1.29, 1.82) is 5.26 Å². The Balaban J connectivity index is 1.61. The van der Waals surface area contributed by atoms with E-state index < -0.39 is 23.4 Å². The van der Waals surface area contributed by atoms with Gasteiger partial charge in [-0.1, -0.05) is 40.9 Å². The number of carbonyl (C=O) groups is 1. The van der Waals surface area contributed by atoms with Crippen LogP contribution in [0.25, 0.3) is 11.0 Å². The van der Waals surface area contributed by atoms with Gasteiger partial charge in [0.05, 0.1) is 49.5 Å². The Labute approximate surface area is 238 Å². The van der Waals surface area contributed by atoms with E-state index in [1.807, 2.05) is 6.07 Å². The average Bonchev–Trinajstić information content (AvgIpc) is 3.18. The van der Waals surface area contributed by atoms with Crippen LogP contribution in [0.1, 0.15) is 32.3 Å². The van der Waals surface area contributed by atoms with Crippen molar-refractivity contribution in [3.8, 4) is 6.07 Å². The Hall–Kier alpha value is -2.87. The number of fused-ring (bicyclic) bond motifs is 1. The third-order valence-corrected chi connectivity index (χ3v) is 7.92. The third kappa shape index (κ3) is 6.01. The molecule has 1 aromatic heterocycles. The van der Waals surface area contributed by atoms with Gasteiger partial charge in [-0.15, -0.1) is 0 Å². The molecule has 208 valence electrons. The molecule has 2 N–H and O–H groups in total. The molecule has 0 spiro atoms. The minimum absolute atomic E-state index is 0.0743. The maximum atomic E-state index is 13.4. The van der Waals surface area contributed by atoms with Crippen LogP contribution in [0.3, 0.4) is 0 Å². The topological polar surface area (TPSA) is 86.0 Å². The van der Waals surface area contributed by atoms with Crippen LogP contribution < -0.4 is 15.5 Å². The van der Waals surface area contributed by atoms with Crippen molar-refractivity contribution in [2.75, 3.05) is 23.3 Å². The highest BCUT2D eigenvalue weighted by atomic mass is 35.5. The molecule has 0 aliphatic carbocycles. The van der Waals surface area contributed by atoms with Crippen molar-refractivity contribution in [3.63, 3.8) is 0 Å². The number of nitrogens with zero attached hydrogens (tertiary/aromatic N) is 4. The Kier molecular flexibility index (Phi) is 8.18. The van der Waals surface area contributed by atoms with Crippen molar-refractivity contribution in [3.05, 3.63) is 44.9 Å². The molecule has 0 saturated carbocycles. The molecular weight excluding hydrogens is 576 g/mol. The first kappa shape index (κ1) is 29.1. The van der Waals surface area contributed by atoms with E-state index in [-0.39, 0.29) is 24.5 Å². The van der Waals surface area contributed by atoms with E-state index in [1.165, 1.54) is 13.8 Å². The number of hydrogen-bond donors (Lipinski definition) is 2. The highest BCUT2D eigenvalue weighted by Crippen LogP contribution is 2.40. The fraction of sp³-hybridized carbons (Fsp3) is 0.423. The van der Waals surface area contributed by atoms with Crippen LogP contribution in [0, 0.1) is 22.7 Å². The highest BCUT2D eigenvalue weighted by molar-refractivity contribution is 6.39. The van der Waals surface area contributed by atoms with Gasteiger partial charge in [-0.2, -0.15) is 18.4 Å². The van der Waals surface area contributed by atoms with Gasteiger partial charge in [-0.25, -0.2) is 4.98 Å². The zero-order valence-electron chi connectivity index (χ0n) is 21.4. The Bertz CT molecular complexity index is 1460. The molecule has 7 nitrogen and oxygen atoms in total. The fourth-order valence-electron chi connectivity index (χ4n) is 4.42. The first-order valence-corrected chi connectivity index (χ1v) is 13.3. The molecule has 4 rings (SSSR count). The van der Waals surface area contributed by atoms with Crippen LogP contribution in [-0.2, 0) is 18.4 Å². The number of carbonyl (C=O) groups excluding carboxylic acids is 1. The lowest BCUT2D eigenvalue weighted by atomic mass is 9.95. The minimum atomic E-state index is -4.26. The molecule has 0 radical (unpaired) electrons. The molecule has 1 fully saturated rings. The molecule has 3 aromatic rings. The Morgan fingerprint density at radius 1 is 1.21 bits per heavy atom. The molecule has 2 heterocycles. The van der Waals surface area contributed by atoms with Gasteiger partial charge in [0.15, 0.2) is 0 Å². The average molecular weight is 602 g/mol. The van der Waals surface area contributed by atoms with Crippen molar-refractivity contribution in [1.82, 2.24) is 14.9 Å². The normalized spacial score (nSPS) is 16.3. The lowest BCUT2D eigenvalue weighted by Crippen LogP contribution is -2.41. The Morgan fingerprint density at radius 3 is 2.59 bits per heavy atom. The largest absolute Gasteiger partial charge is 0.393 e.